The third kappa shape index (κ3) is 3.92. The largest absolute Gasteiger partial charge is 0.465 e. The van der Waals surface area contributed by atoms with Gasteiger partial charge < -0.3 is 9.47 Å². The predicted molar refractivity (Wildman–Crippen MR) is 91.2 cm³/mol. The van der Waals surface area contributed by atoms with Gasteiger partial charge in [-0.15, -0.1) is 11.3 Å². The molecule has 2 aromatic heterocycles. The molecule has 0 unspecified atom stereocenters. The highest BCUT2D eigenvalue weighted by Gasteiger charge is 2.14. The van der Waals surface area contributed by atoms with E-state index in [1.807, 2.05) is 13.2 Å². The van der Waals surface area contributed by atoms with Crippen LogP contribution in [0.1, 0.15) is 26.4 Å². The number of hydrogen-bond acceptors (Lipinski definition) is 7. The van der Waals surface area contributed by atoms with Gasteiger partial charge in [-0.2, -0.15) is 5.10 Å². The molecule has 1 aromatic carbocycles. The number of thiazole rings is 1. The van der Waals surface area contributed by atoms with Crippen molar-refractivity contribution in [3.63, 3.8) is 0 Å². The molecule has 0 saturated carbocycles. The number of rotatable bonds is 5. The molecule has 0 fully saturated rings. The van der Waals surface area contributed by atoms with Gasteiger partial charge in [-0.3, -0.25) is 4.68 Å². The summed E-state index contributed by atoms with van der Waals surface area (Å²) in [6, 6.07) is 6.74. The van der Waals surface area contributed by atoms with Gasteiger partial charge in [0.1, 0.15) is 11.6 Å². The van der Waals surface area contributed by atoms with Gasteiger partial charge >= 0.3 is 11.9 Å². The minimum Gasteiger partial charge on any atom is -0.465 e. The number of methoxy groups -OCH3 is 1. The van der Waals surface area contributed by atoms with Crippen molar-refractivity contribution in [2.24, 2.45) is 7.05 Å². The van der Waals surface area contributed by atoms with E-state index in [9.17, 15) is 9.59 Å². The number of esters is 2. The Labute approximate surface area is 147 Å². The Morgan fingerprint density at radius 1 is 1.28 bits per heavy atom. The quantitative estimate of drug-likeness (QED) is 0.653. The molecule has 0 amide bonds. The summed E-state index contributed by atoms with van der Waals surface area (Å²) >= 11 is 1.35. The highest BCUT2D eigenvalue weighted by molar-refractivity contribution is 7.13. The van der Waals surface area contributed by atoms with Gasteiger partial charge in [0, 0.05) is 24.2 Å². The van der Waals surface area contributed by atoms with Crippen molar-refractivity contribution in [2.75, 3.05) is 7.11 Å². The molecule has 0 N–H and O–H groups in total. The minimum atomic E-state index is -0.519. The van der Waals surface area contributed by atoms with Crippen LogP contribution in [0.25, 0.3) is 10.6 Å². The molecule has 0 radical (unpaired) electrons. The van der Waals surface area contributed by atoms with Crippen LogP contribution in [0.15, 0.2) is 42.0 Å². The average molecular weight is 357 g/mol. The molecule has 7 nitrogen and oxygen atoms in total. The second-order valence-corrected chi connectivity index (χ2v) is 6.07. The van der Waals surface area contributed by atoms with Gasteiger partial charge in [-0.1, -0.05) is 12.1 Å². The summed E-state index contributed by atoms with van der Waals surface area (Å²) in [7, 11) is 3.13. The van der Waals surface area contributed by atoms with Crippen molar-refractivity contribution in [2.45, 2.75) is 6.61 Å². The predicted octanol–water partition coefficient (Wildman–Crippen LogP) is 2.69. The lowest BCUT2D eigenvalue weighted by molar-refractivity contribution is 0.0467. The highest BCUT2D eigenvalue weighted by Crippen LogP contribution is 2.23. The van der Waals surface area contributed by atoms with Gasteiger partial charge in [-0.05, 0) is 17.7 Å². The molecule has 0 atom stereocenters. The third-order valence-electron chi connectivity index (χ3n) is 3.38. The normalized spacial score (nSPS) is 10.5. The minimum absolute atomic E-state index is 0.0451. The van der Waals surface area contributed by atoms with E-state index in [-0.39, 0.29) is 12.3 Å². The van der Waals surface area contributed by atoms with Crippen LogP contribution in [0.3, 0.4) is 0 Å². The van der Waals surface area contributed by atoms with Crippen molar-refractivity contribution < 1.29 is 19.1 Å². The number of aryl methyl sites for hydroxylation is 1. The number of benzene rings is 1. The van der Waals surface area contributed by atoms with Crippen molar-refractivity contribution in [1.29, 1.82) is 0 Å². The topological polar surface area (TPSA) is 83.3 Å². The highest BCUT2D eigenvalue weighted by atomic mass is 32.1. The Bertz CT molecular complexity index is 916. The third-order valence-corrected chi connectivity index (χ3v) is 4.27. The van der Waals surface area contributed by atoms with Gasteiger partial charge in [0.15, 0.2) is 5.69 Å². The second kappa shape index (κ2) is 7.27. The average Bonchev–Trinajstić information content (AvgIpc) is 3.28. The molecule has 0 saturated heterocycles. The first-order valence-corrected chi connectivity index (χ1v) is 8.23. The molecule has 0 aliphatic heterocycles. The molecule has 25 heavy (non-hydrogen) atoms. The Kier molecular flexibility index (Phi) is 4.90. The van der Waals surface area contributed by atoms with Crippen LogP contribution in [0.5, 0.6) is 0 Å². The Morgan fingerprint density at radius 2 is 2.12 bits per heavy atom. The Morgan fingerprint density at radius 3 is 2.84 bits per heavy atom. The molecular formula is C17H15N3O4S. The summed E-state index contributed by atoms with van der Waals surface area (Å²) in [5.41, 5.74) is 2.19. The lowest BCUT2D eigenvalue weighted by Crippen LogP contribution is -2.07. The number of carbonyl (C=O) groups excluding carboxylic acids is 2. The summed E-state index contributed by atoms with van der Waals surface area (Å²) in [5, 5.41) is 6.43. The van der Waals surface area contributed by atoms with E-state index in [1.54, 1.807) is 40.5 Å². The summed E-state index contributed by atoms with van der Waals surface area (Å²) in [5.74, 6) is -0.955. The van der Waals surface area contributed by atoms with Crippen molar-refractivity contribution >= 4 is 23.3 Å². The second-order valence-electron chi connectivity index (χ2n) is 5.21. The number of aromatic nitrogens is 3. The maximum atomic E-state index is 12.2. The zero-order chi connectivity index (χ0) is 17.8. The molecule has 128 valence electrons. The monoisotopic (exact) mass is 357 g/mol. The van der Waals surface area contributed by atoms with Crippen LogP contribution in [0, 0.1) is 0 Å². The Hall–Kier alpha value is -3.00. The van der Waals surface area contributed by atoms with Gasteiger partial charge in [0.25, 0.3) is 0 Å². The number of ether oxygens (including phenoxy) is 2. The van der Waals surface area contributed by atoms with Crippen molar-refractivity contribution in [3.05, 3.63) is 58.9 Å². The molecular weight excluding hydrogens is 342 g/mol. The van der Waals surface area contributed by atoms with Gasteiger partial charge in [0.05, 0.1) is 18.9 Å². The van der Waals surface area contributed by atoms with Crippen LogP contribution >= 0.6 is 11.3 Å². The zero-order valence-electron chi connectivity index (χ0n) is 13.6. The fourth-order valence-corrected chi connectivity index (χ4v) is 2.93. The lowest BCUT2D eigenvalue weighted by atomic mass is 10.1. The molecule has 2 heterocycles. The first-order valence-electron chi connectivity index (χ1n) is 7.36. The van der Waals surface area contributed by atoms with E-state index >= 15 is 0 Å². The number of hydrogen-bond donors (Lipinski definition) is 0. The molecule has 0 spiro atoms. The van der Waals surface area contributed by atoms with Gasteiger partial charge in [-0.25, -0.2) is 14.6 Å². The summed E-state index contributed by atoms with van der Waals surface area (Å²) < 4.78 is 11.6. The molecule has 3 rings (SSSR count). The summed E-state index contributed by atoms with van der Waals surface area (Å²) in [6.07, 6.45) is 3.51. The molecule has 0 aliphatic rings. The SMILES string of the molecule is COC(=O)c1cccc(COC(=O)c2csc(-c3cnn(C)c3)n2)c1. The Balaban J connectivity index is 1.65. The fourth-order valence-electron chi connectivity index (χ4n) is 2.16. The number of nitrogens with zero attached hydrogens (tertiary/aromatic N) is 3. The van der Waals surface area contributed by atoms with Crippen LogP contribution in [0.4, 0.5) is 0 Å². The van der Waals surface area contributed by atoms with E-state index in [4.69, 9.17) is 4.74 Å². The first kappa shape index (κ1) is 16.8. The standard InChI is InChI=1S/C17H15N3O4S/c1-20-8-13(7-18-20)15-19-14(10-25-15)17(22)24-9-11-4-3-5-12(6-11)16(21)23-2/h3-8,10H,9H2,1-2H3. The van der Waals surface area contributed by atoms with Crippen LogP contribution < -0.4 is 0 Å². The van der Waals surface area contributed by atoms with Gasteiger partial charge in [0.2, 0.25) is 0 Å². The van der Waals surface area contributed by atoms with Crippen molar-refractivity contribution in [1.82, 2.24) is 14.8 Å². The van der Waals surface area contributed by atoms with E-state index in [0.29, 0.717) is 16.1 Å². The van der Waals surface area contributed by atoms with E-state index in [1.165, 1.54) is 18.4 Å². The van der Waals surface area contributed by atoms with Crippen LogP contribution in [-0.4, -0.2) is 33.8 Å². The van der Waals surface area contributed by atoms with Crippen LogP contribution in [0.2, 0.25) is 0 Å². The molecule has 0 bridgehead atoms. The first-order chi connectivity index (χ1) is 12.1. The lowest BCUT2D eigenvalue weighted by Gasteiger charge is -2.05. The van der Waals surface area contributed by atoms with Crippen molar-refractivity contribution in [3.8, 4) is 10.6 Å². The molecule has 0 aliphatic carbocycles. The molecule has 8 heteroatoms. The maximum absolute atomic E-state index is 12.2. The van der Waals surface area contributed by atoms with Crippen LogP contribution in [-0.2, 0) is 23.1 Å². The van der Waals surface area contributed by atoms with E-state index < -0.39 is 11.9 Å². The number of carbonyl (C=O) groups is 2. The molecule has 3 aromatic rings. The maximum Gasteiger partial charge on any atom is 0.358 e. The zero-order valence-corrected chi connectivity index (χ0v) is 14.4. The summed E-state index contributed by atoms with van der Waals surface area (Å²) in [6.45, 7) is 0.0451. The van der Waals surface area contributed by atoms with E-state index in [2.05, 4.69) is 14.8 Å². The van der Waals surface area contributed by atoms with E-state index in [0.717, 1.165) is 5.56 Å². The summed E-state index contributed by atoms with van der Waals surface area (Å²) in [4.78, 5) is 28.0. The smallest absolute Gasteiger partial charge is 0.358 e. The fraction of sp³-hybridized carbons (Fsp3) is 0.176.